The van der Waals surface area contributed by atoms with E-state index in [-0.39, 0.29) is 42.8 Å². The molecule has 0 spiro atoms. The van der Waals surface area contributed by atoms with Crippen LogP contribution in [0.15, 0.2) is 18.2 Å². The van der Waals surface area contributed by atoms with Crippen molar-refractivity contribution >= 4 is 69.7 Å². The van der Waals surface area contributed by atoms with E-state index in [1.54, 1.807) is 0 Å². The van der Waals surface area contributed by atoms with E-state index in [1.165, 1.54) is 12.1 Å². The molecule has 0 aliphatic heterocycles. The fourth-order valence-electron chi connectivity index (χ4n) is 2.45. The molecule has 0 atom stereocenters. The Labute approximate surface area is 181 Å². The summed E-state index contributed by atoms with van der Waals surface area (Å²) in [4.78, 5) is 14.1. The van der Waals surface area contributed by atoms with E-state index in [0.29, 0.717) is 18.8 Å². The molecule has 3 nitrogen and oxygen atoms in total. The minimum absolute atomic E-state index is 0.00778. The Morgan fingerprint density at radius 1 is 0.963 bits per heavy atom. The Morgan fingerprint density at radius 3 is 1.96 bits per heavy atom. The first-order valence-corrected chi connectivity index (χ1v) is 9.83. The first-order valence-electron chi connectivity index (χ1n) is 7.94. The lowest BCUT2D eigenvalue weighted by Crippen LogP contribution is -2.23. The van der Waals surface area contributed by atoms with Crippen LogP contribution in [0.5, 0.6) is 0 Å². The molecule has 0 bridgehead atoms. The highest BCUT2D eigenvalue weighted by molar-refractivity contribution is 6.55. The molecule has 0 fully saturated rings. The van der Waals surface area contributed by atoms with Crippen LogP contribution in [0.1, 0.15) is 29.8 Å². The Kier molecular flexibility index (Phi) is 7.90. The van der Waals surface area contributed by atoms with Gasteiger partial charge in [0.05, 0.1) is 36.4 Å². The van der Waals surface area contributed by atoms with Gasteiger partial charge in [-0.1, -0.05) is 58.0 Å². The van der Waals surface area contributed by atoms with E-state index in [4.69, 9.17) is 62.7 Å². The standard InChI is InChI=1S/C18H15Cl5FNO2/c1-3-25(4-2)12-6-5-9(7-11(12)24)18(26)27-8-10-13(19)15(21)17(23)16(22)14(10)20/h5-7H,3-4,8H2,1-2H3. The molecule has 0 radical (unpaired) electrons. The largest absolute Gasteiger partial charge is 0.457 e. The van der Waals surface area contributed by atoms with E-state index in [9.17, 15) is 9.18 Å². The molecule has 27 heavy (non-hydrogen) atoms. The SMILES string of the molecule is CCN(CC)c1ccc(C(=O)OCc2c(Cl)c(Cl)c(Cl)c(Cl)c2Cl)cc1F. The Morgan fingerprint density at radius 2 is 1.48 bits per heavy atom. The van der Waals surface area contributed by atoms with E-state index < -0.39 is 11.8 Å². The molecule has 0 saturated carbocycles. The summed E-state index contributed by atoms with van der Waals surface area (Å²) >= 11 is 30.1. The van der Waals surface area contributed by atoms with Crippen molar-refractivity contribution in [2.75, 3.05) is 18.0 Å². The summed E-state index contributed by atoms with van der Waals surface area (Å²) in [5.74, 6) is -1.25. The monoisotopic (exact) mass is 471 g/mol. The average molecular weight is 474 g/mol. The molecule has 0 aliphatic carbocycles. The first-order chi connectivity index (χ1) is 12.7. The molecule has 0 saturated heterocycles. The van der Waals surface area contributed by atoms with Crippen molar-refractivity contribution in [2.24, 2.45) is 0 Å². The smallest absolute Gasteiger partial charge is 0.338 e. The van der Waals surface area contributed by atoms with E-state index in [0.717, 1.165) is 6.07 Å². The molecule has 2 aromatic rings. The molecule has 0 aromatic heterocycles. The highest BCUT2D eigenvalue weighted by atomic mass is 35.5. The number of esters is 1. The number of anilines is 1. The maximum Gasteiger partial charge on any atom is 0.338 e. The summed E-state index contributed by atoms with van der Waals surface area (Å²) in [6, 6.07) is 4.15. The van der Waals surface area contributed by atoms with Gasteiger partial charge in [-0.05, 0) is 32.0 Å². The molecule has 0 heterocycles. The molecule has 146 valence electrons. The minimum atomic E-state index is -0.741. The zero-order valence-electron chi connectivity index (χ0n) is 14.4. The number of rotatable bonds is 6. The lowest BCUT2D eigenvalue weighted by molar-refractivity contribution is 0.0472. The highest BCUT2D eigenvalue weighted by Crippen LogP contribution is 2.44. The number of carbonyl (C=O) groups excluding carboxylic acids is 1. The maximum absolute atomic E-state index is 14.3. The Hall–Kier alpha value is -0.910. The molecule has 2 aromatic carbocycles. The van der Waals surface area contributed by atoms with Crippen LogP contribution in [-0.2, 0) is 11.3 Å². The molecular formula is C18H15Cl5FNO2. The van der Waals surface area contributed by atoms with Gasteiger partial charge in [-0.15, -0.1) is 0 Å². The zero-order valence-corrected chi connectivity index (χ0v) is 18.2. The lowest BCUT2D eigenvalue weighted by Gasteiger charge is -2.21. The maximum atomic E-state index is 14.3. The number of halogens is 6. The highest BCUT2D eigenvalue weighted by Gasteiger charge is 2.21. The first kappa shape index (κ1) is 22.4. The lowest BCUT2D eigenvalue weighted by atomic mass is 10.1. The predicted molar refractivity (Wildman–Crippen MR) is 111 cm³/mol. The van der Waals surface area contributed by atoms with Crippen LogP contribution >= 0.6 is 58.0 Å². The molecule has 2 rings (SSSR count). The average Bonchev–Trinajstić information content (AvgIpc) is 2.66. The predicted octanol–water partition coefficient (Wildman–Crippen LogP) is 7.30. The second-order valence-electron chi connectivity index (χ2n) is 5.46. The third-order valence-corrected chi connectivity index (χ3v) is 6.29. The van der Waals surface area contributed by atoms with Crippen LogP contribution in [0.25, 0.3) is 0 Å². The van der Waals surface area contributed by atoms with Crippen LogP contribution in [0, 0.1) is 5.82 Å². The summed E-state index contributed by atoms with van der Waals surface area (Å²) in [6.45, 7) is 4.83. The van der Waals surface area contributed by atoms with Crippen LogP contribution < -0.4 is 4.90 Å². The van der Waals surface area contributed by atoms with Crippen molar-refractivity contribution in [1.29, 1.82) is 0 Å². The quantitative estimate of drug-likeness (QED) is 0.251. The fourth-order valence-corrected chi connectivity index (χ4v) is 3.74. The van der Waals surface area contributed by atoms with Crippen molar-refractivity contribution in [3.63, 3.8) is 0 Å². The van der Waals surface area contributed by atoms with Crippen LogP contribution in [0.3, 0.4) is 0 Å². The summed E-state index contributed by atoms with van der Waals surface area (Å²) < 4.78 is 19.5. The molecule has 0 aliphatic rings. The molecular weight excluding hydrogens is 458 g/mol. The van der Waals surface area contributed by atoms with Crippen molar-refractivity contribution < 1.29 is 13.9 Å². The second kappa shape index (κ2) is 9.53. The summed E-state index contributed by atoms with van der Waals surface area (Å²) in [7, 11) is 0. The zero-order chi connectivity index (χ0) is 20.3. The molecule has 0 N–H and O–H groups in total. The van der Waals surface area contributed by atoms with Gasteiger partial charge < -0.3 is 9.64 Å². The summed E-state index contributed by atoms with van der Waals surface area (Å²) in [5.41, 5.74) is 0.687. The Bertz CT molecular complexity index is 842. The van der Waals surface area contributed by atoms with E-state index >= 15 is 0 Å². The van der Waals surface area contributed by atoms with E-state index in [1.807, 2.05) is 18.7 Å². The molecule has 9 heteroatoms. The van der Waals surface area contributed by atoms with Crippen molar-refractivity contribution in [3.8, 4) is 0 Å². The van der Waals surface area contributed by atoms with Crippen LogP contribution in [-0.4, -0.2) is 19.1 Å². The van der Waals surface area contributed by atoms with Crippen molar-refractivity contribution in [3.05, 3.63) is 60.3 Å². The molecule has 0 unspecified atom stereocenters. The van der Waals surface area contributed by atoms with Crippen molar-refractivity contribution in [1.82, 2.24) is 0 Å². The minimum Gasteiger partial charge on any atom is -0.457 e. The van der Waals surface area contributed by atoms with Crippen LogP contribution in [0.4, 0.5) is 10.1 Å². The molecule has 0 amide bonds. The number of hydrogen-bond donors (Lipinski definition) is 0. The third-order valence-electron chi connectivity index (χ3n) is 3.94. The van der Waals surface area contributed by atoms with Gasteiger partial charge in [-0.2, -0.15) is 0 Å². The Balaban J connectivity index is 2.21. The fraction of sp³-hybridized carbons (Fsp3) is 0.278. The van der Waals surface area contributed by atoms with Gasteiger partial charge in [0.15, 0.2) is 0 Å². The van der Waals surface area contributed by atoms with Gasteiger partial charge >= 0.3 is 5.97 Å². The van der Waals surface area contributed by atoms with Gasteiger partial charge in [0, 0.05) is 18.7 Å². The van der Waals surface area contributed by atoms with E-state index in [2.05, 4.69) is 0 Å². The van der Waals surface area contributed by atoms with Crippen LogP contribution in [0.2, 0.25) is 25.1 Å². The number of ether oxygens (including phenoxy) is 1. The van der Waals surface area contributed by atoms with Gasteiger partial charge in [0.2, 0.25) is 0 Å². The number of nitrogens with zero attached hydrogens (tertiary/aromatic N) is 1. The number of carbonyl (C=O) groups is 1. The van der Waals surface area contributed by atoms with Gasteiger partial charge in [-0.3, -0.25) is 0 Å². The van der Waals surface area contributed by atoms with Gasteiger partial charge in [-0.25, -0.2) is 9.18 Å². The summed E-state index contributed by atoms with van der Waals surface area (Å²) in [5, 5.41) is 0.0955. The van der Waals surface area contributed by atoms with Crippen molar-refractivity contribution in [2.45, 2.75) is 20.5 Å². The second-order valence-corrected chi connectivity index (χ2v) is 7.35. The number of benzene rings is 2. The topological polar surface area (TPSA) is 29.5 Å². The summed E-state index contributed by atoms with van der Waals surface area (Å²) in [6.07, 6.45) is 0. The third kappa shape index (κ3) is 4.75. The number of hydrogen-bond acceptors (Lipinski definition) is 3. The normalized spacial score (nSPS) is 10.8. The van der Waals surface area contributed by atoms with Gasteiger partial charge in [0.1, 0.15) is 12.4 Å². The van der Waals surface area contributed by atoms with Gasteiger partial charge in [0.25, 0.3) is 0 Å².